The SMILES string of the molecule is CC1CN(S(=O)(=O)c2cccc(Br)c2Cl)CC1N. The van der Waals surface area contributed by atoms with Gasteiger partial charge in [0.15, 0.2) is 0 Å². The minimum Gasteiger partial charge on any atom is -0.326 e. The van der Waals surface area contributed by atoms with Crippen LogP contribution in [0.25, 0.3) is 0 Å². The third kappa shape index (κ3) is 2.44. The van der Waals surface area contributed by atoms with Crippen molar-refractivity contribution in [1.29, 1.82) is 0 Å². The summed E-state index contributed by atoms with van der Waals surface area (Å²) >= 11 is 9.28. The van der Waals surface area contributed by atoms with Crippen LogP contribution < -0.4 is 5.73 Å². The van der Waals surface area contributed by atoms with Gasteiger partial charge in [0.25, 0.3) is 0 Å². The summed E-state index contributed by atoms with van der Waals surface area (Å²) in [5.74, 6) is 0.158. The van der Waals surface area contributed by atoms with E-state index < -0.39 is 10.0 Å². The number of rotatable bonds is 2. The summed E-state index contributed by atoms with van der Waals surface area (Å²) in [6, 6.07) is 4.75. The molecule has 0 radical (unpaired) electrons. The molecule has 1 saturated heterocycles. The Labute approximate surface area is 120 Å². The van der Waals surface area contributed by atoms with Gasteiger partial charge in [-0.1, -0.05) is 24.6 Å². The van der Waals surface area contributed by atoms with Crippen LogP contribution in [0, 0.1) is 5.92 Å². The maximum absolute atomic E-state index is 12.5. The van der Waals surface area contributed by atoms with E-state index in [1.165, 1.54) is 10.4 Å². The monoisotopic (exact) mass is 352 g/mol. The van der Waals surface area contributed by atoms with E-state index in [0.717, 1.165) is 0 Å². The highest BCUT2D eigenvalue weighted by Gasteiger charge is 2.36. The average Bonchev–Trinajstić information content (AvgIpc) is 2.63. The first-order valence-corrected chi connectivity index (χ1v) is 8.15. The number of sulfonamides is 1. The molecule has 2 N–H and O–H groups in total. The molecule has 2 unspecified atom stereocenters. The first-order chi connectivity index (χ1) is 8.34. The second-order valence-electron chi connectivity index (χ2n) is 4.52. The third-order valence-electron chi connectivity index (χ3n) is 3.17. The van der Waals surface area contributed by atoms with Crippen LogP contribution in [-0.2, 0) is 10.0 Å². The Bertz CT molecular complexity index is 554. The van der Waals surface area contributed by atoms with Crippen LogP contribution in [0.1, 0.15) is 6.92 Å². The lowest BCUT2D eigenvalue weighted by molar-refractivity contribution is 0.464. The smallest absolute Gasteiger partial charge is 0.244 e. The quantitative estimate of drug-likeness (QED) is 0.885. The number of nitrogens with zero attached hydrogens (tertiary/aromatic N) is 1. The van der Waals surface area contributed by atoms with Crippen LogP contribution in [-0.4, -0.2) is 31.9 Å². The van der Waals surface area contributed by atoms with Crippen molar-refractivity contribution >= 4 is 37.6 Å². The van der Waals surface area contributed by atoms with Crippen molar-refractivity contribution in [1.82, 2.24) is 4.31 Å². The van der Waals surface area contributed by atoms with Gasteiger partial charge in [-0.2, -0.15) is 4.31 Å². The van der Waals surface area contributed by atoms with Crippen molar-refractivity contribution in [2.24, 2.45) is 11.7 Å². The van der Waals surface area contributed by atoms with Gasteiger partial charge in [0, 0.05) is 23.6 Å². The first kappa shape index (κ1) is 14.3. The van der Waals surface area contributed by atoms with E-state index in [1.807, 2.05) is 6.92 Å². The van der Waals surface area contributed by atoms with Gasteiger partial charge >= 0.3 is 0 Å². The molecule has 1 aliphatic heterocycles. The summed E-state index contributed by atoms with van der Waals surface area (Å²) in [4.78, 5) is 0.125. The van der Waals surface area contributed by atoms with Crippen LogP contribution in [0.5, 0.6) is 0 Å². The zero-order chi connectivity index (χ0) is 13.5. The molecular formula is C11H14BrClN2O2S. The molecular weight excluding hydrogens is 340 g/mol. The molecule has 100 valence electrons. The molecule has 2 atom stereocenters. The lowest BCUT2D eigenvalue weighted by Crippen LogP contribution is -2.32. The average molecular weight is 354 g/mol. The number of halogens is 2. The van der Waals surface area contributed by atoms with E-state index >= 15 is 0 Å². The van der Waals surface area contributed by atoms with Crippen LogP contribution in [0.2, 0.25) is 5.02 Å². The van der Waals surface area contributed by atoms with Gasteiger partial charge in [-0.05, 0) is 34.0 Å². The van der Waals surface area contributed by atoms with Gasteiger partial charge in [-0.15, -0.1) is 0 Å². The highest BCUT2D eigenvalue weighted by atomic mass is 79.9. The van der Waals surface area contributed by atoms with Crippen molar-refractivity contribution in [3.63, 3.8) is 0 Å². The van der Waals surface area contributed by atoms with E-state index in [1.54, 1.807) is 12.1 Å². The molecule has 0 saturated carbocycles. The highest BCUT2D eigenvalue weighted by Crippen LogP contribution is 2.32. The van der Waals surface area contributed by atoms with Crippen molar-refractivity contribution in [3.8, 4) is 0 Å². The maximum Gasteiger partial charge on any atom is 0.244 e. The fourth-order valence-electron chi connectivity index (χ4n) is 1.96. The summed E-state index contributed by atoms with van der Waals surface area (Å²) in [6.07, 6.45) is 0. The molecule has 18 heavy (non-hydrogen) atoms. The van der Waals surface area contributed by atoms with Crippen LogP contribution in [0.15, 0.2) is 27.6 Å². The molecule has 0 amide bonds. The lowest BCUT2D eigenvalue weighted by atomic mass is 10.1. The minimum absolute atomic E-state index is 0.120. The summed E-state index contributed by atoms with van der Waals surface area (Å²) in [5.41, 5.74) is 5.86. The van der Waals surface area contributed by atoms with E-state index in [0.29, 0.717) is 17.6 Å². The van der Waals surface area contributed by atoms with Gasteiger partial charge in [-0.25, -0.2) is 8.42 Å². The molecule has 1 aliphatic rings. The fraction of sp³-hybridized carbons (Fsp3) is 0.455. The summed E-state index contributed by atoms with van der Waals surface area (Å²) in [7, 11) is -3.57. The normalized spacial score (nSPS) is 25.6. The van der Waals surface area contributed by atoms with E-state index in [9.17, 15) is 8.42 Å². The number of nitrogens with two attached hydrogens (primary N) is 1. The van der Waals surface area contributed by atoms with Crippen LogP contribution in [0.3, 0.4) is 0 Å². The van der Waals surface area contributed by atoms with Gasteiger partial charge in [0.2, 0.25) is 10.0 Å². The predicted molar refractivity (Wildman–Crippen MR) is 75.1 cm³/mol. The molecule has 2 rings (SSSR count). The zero-order valence-corrected chi connectivity index (χ0v) is 13.0. The van der Waals surface area contributed by atoms with Crippen molar-refractivity contribution in [2.75, 3.05) is 13.1 Å². The number of benzene rings is 1. The van der Waals surface area contributed by atoms with Gasteiger partial charge in [-0.3, -0.25) is 0 Å². The van der Waals surface area contributed by atoms with Crippen LogP contribution in [0.4, 0.5) is 0 Å². The molecule has 4 nitrogen and oxygen atoms in total. The van der Waals surface area contributed by atoms with Gasteiger partial charge < -0.3 is 5.73 Å². The highest BCUT2D eigenvalue weighted by molar-refractivity contribution is 9.10. The molecule has 1 aromatic rings. The van der Waals surface area contributed by atoms with Crippen molar-refractivity contribution in [3.05, 3.63) is 27.7 Å². The first-order valence-electron chi connectivity index (χ1n) is 5.53. The third-order valence-corrected chi connectivity index (χ3v) is 6.45. The second kappa shape index (κ2) is 5.09. The second-order valence-corrected chi connectivity index (χ2v) is 7.65. The summed E-state index contributed by atoms with van der Waals surface area (Å²) < 4.78 is 26.9. The minimum atomic E-state index is -3.57. The molecule has 0 spiro atoms. The van der Waals surface area contributed by atoms with E-state index in [4.69, 9.17) is 17.3 Å². The topological polar surface area (TPSA) is 63.4 Å². The Morgan fingerprint density at radius 1 is 1.44 bits per heavy atom. The van der Waals surface area contributed by atoms with E-state index in [-0.39, 0.29) is 21.9 Å². The standard InChI is InChI=1S/C11H14BrClN2O2S/c1-7-5-15(6-9(7)14)18(16,17)10-4-2-3-8(12)11(10)13/h2-4,7,9H,5-6,14H2,1H3. The summed E-state index contributed by atoms with van der Waals surface area (Å²) in [6.45, 7) is 2.72. The number of hydrogen-bond acceptors (Lipinski definition) is 3. The fourth-order valence-corrected chi connectivity index (χ4v) is 4.55. The molecule has 0 aromatic heterocycles. The predicted octanol–water partition coefficient (Wildman–Crippen LogP) is 2.07. The van der Waals surface area contributed by atoms with Crippen molar-refractivity contribution < 1.29 is 8.42 Å². The largest absolute Gasteiger partial charge is 0.326 e. The Balaban J connectivity index is 2.41. The molecule has 1 heterocycles. The van der Waals surface area contributed by atoms with Crippen molar-refractivity contribution in [2.45, 2.75) is 17.9 Å². The van der Waals surface area contributed by atoms with Crippen LogP contribution >= 0.6 is 27.5 Å². The van der Waals surface area contributed by atoms with E-state index in [2.05, 4.69) is 15.9 Å². The van der Waals surface area contributed by atoms with Gasteiger partial charge in [0.05, 0.1) is 5.02 Å². The lowest BCUT2D eigenvalue weighted by Gasteiger charge is -2.17. The Morgan fingerprint density at radius 2 is 2.11 bits per heavy atom. The number of hydrogen-bond donors (Lipinski definition) is 1. The molecule has 7 heteroatoms. The molecule has 0 aliphatic carbocycles. The molecule has 1 aromatic carbocycles. The Morgan fingerprint density at radius 3 is 2.67 bits per heavy atom. The van der Waals surface area contributed by atoms with Gasteiger partial charge in [0.1, 0.15) is 4.90 Å². The zero-order valence-electron chi connectivity index (χ0n) is 9.81. The molecule has 1 fully saturated rings. The Kier molecular flexibility index (Phi) is 4.04. The molecule has 0 bridgehead atoms. The Hall–Kier alpha value is -0.140. The summed E-state index contributed by atoms with van der Waals surface area (Å²) in [5, 5.41) is 0.214. The maximum atomic E-state index is 12.5.